The molecular weight excluding hydrogens is 312 g/mol. The van der Waals surface area contributed by atoms with Gasteiger partial charge >= 0.3 is 0 Å². The van der Waals surface area contributed by atoms with E-state index >= 15 is 0 Å². The van der Waals surface area contributed by atoms with E-state index in [1.165, 1.54) is 42.7 Å². The minimum Gasteiger partial charge on any atom is -0.341 e. The molecule has 1 amide bonds. The van der Waals surface area contributed by atoms with Crippen LogP contribution < -0.4 is 0 Å². The quantitative estimate of drug-likeness (QED) is 0.766. The zero-order chi connectivity index (χ0) is 16.2. The molecule has 0 unspecified atom stereocenters. The van der Waals surface area contributed by atoms with E-state index in [0.29, 0.717) is 43.9 Å². The molecule has 5 nitrogen and oxygen atoms in total. The van der Waals surface area contributed by atoms with Crippen molar-refractivity contribution in [3.05, 3.63) is 0 Å². The zero-order valence-corrected chi connectivity index (χ0v) is 14.8. The van der Waals surface area contributed by atoms with Crippen LogP contribution in [0, 0.1) is 29.6 Å². The van der Waals surface area contributed by atoms with Gasteiger partial charge in [0.25, 0.3) is 0 Å². The highest BCUT2D eigenvalue weighted by Crippen LogP contribution is 2.56. The number of hydrogen-bond donors (Lipinski definition) is 0. The Kier molecular flexibility index (Phi) is 3.95. The van der Waals surface area contributed by atoms with Crippen LogP contribution in [0.15, 0.2) is 0 Å². The van der Waals surface area contributed by atoms with Crippen molar-refractivity contribution in [2.75, 3.05) is 32.4 Å². The summed E-state index contributed by atoms with van der Waals surface area (Å²) >= 11 is 0. The molecule has 0 spiro atoms. The number of sulfonamides is 1. The third kappa shape index (κ3) is 2.93. The first-order valence-electron chi connectivity index (χ1n) is 9.15. The van der Waals surface area contributed by atoms with Crippen molar-refractivity contribution in [3.8, 4) is 0 Å². The highest BCUT2D eigenvalue weighted by molar-refractivity contribution is 7.88. The lowest BCUT2D eigenvalue weighted by Gasteiger charge is -2.54. The van der Waals surface area contributed by atoms with Gasteiger partial charge in [-0.25, -0.2) is 12.7 Å². The molecule has 5 rings (SSSR count). The molecule has 5 aliphatic rings. The highest BCUT2D eigenvalue weighted by atomic mass is 32.2. The molecule has 0 atom stereocenters. The van der Waals surface area contributed by atoms with Crippen LogP contribution in [0.1, 0.15) is 38.5 Å². The molecule has 0 aromatic rings. The molecular formula is C17H28N2O3S. The van der Waals surface area contributed by atoms with E-state index in [1.54, 1.807) is 0 Å². The van der Waals surface area contributed by atoms with E-state index in [9.17, 15) is 13.2 Å². The van der Waals surface area contributed by atoms with Gasteiger partial charge in [0.2, 0.25) is 15.9 Å². The summed E-state index contributed by atoms with van der Waals surface area (Å²) < 4.78 is 25.0. The molecule has 6 heteroatoms. The summed E-state index contributed by atoms with van der Waals surface area (Å²) in [6, 6.07) is 0. The Morgan fingerprint density at radius 3 is 2.04 bits per heavy atom. The van der Waals surface area contributed by atoms with E-state index in [4.69, 9.17) is 0 Å². The lowest BCUT2D eigenvalue weighted by Crippen LogP contribution is -2.52. The van der Waals surface area contributed by atoms with Crippen LogP contribution in [0.25, 0.3) is 0 Å². The molecule has 23 heavy (non-hydrogen) atoms. The lowest BCUT2D eigenvalue weighted by molar-refractivity contribution is -0.148. The van der Waals surface area contributed by atoms with Crippen LogP contribution in [-0.2, 0) is 14.8 Å². The molecule has 0 N–H and O–H groups in total. The average molecular weight is 340 g/mol. The fraction of sp³-hybridized carbons (Fsp3) is 0.941. The van der Waals surface area contributed by atoms with Crippen molar-refractivity contribution in [3.63, 3.8) is 0 Å². The third-order valence-electron chi connectivity index (χ3n) is 6.75. The van der Waals surface area contributed by atoms with Crippen molar-refractivity contribution < 1.29 is 13.2 Å². The molecule has 0 radical (unpaired) electrons. The first kappa shape index (κ1) is 15.9. The highest BCUT2D eigenvalue weighted by Gasteiger charge is 2.51. The maximum atomic E-state index is 13.2. The SMILES string of the molecule is CS(=O)(=O)N1CCCN(C(=O)C2C3CC4CC(C3)CC2C4)CC1. The van der Waals surface area contributed by atoms with Gasteiger partial charge in [-0.3, -0.25) is 4.79 Å². The van der Waals surface area contributed by atoms with Gasteiger partial charge in [-0.15, -0.1) is 0 Å². The number of rotatable bonds is 2. The molecule has 0 aromatic heterocycles. The van der Waals surface area contributed by atoms with Gasteiger partial charge in [0, 0.05) is 32.1 Å². The fourth-order valence-corrected chi connectivity index (χ4v) is 6.86. The van der Waals surface area contributed by atoms with Gasteiger partial charge < -0.3 is 4.90 Å². The summed E-state index contributed by atoms with van der Waals surface area (Å²) in [6.45, 7) is 2.28. The molecule has 1 aliphatic heterocycles. The molecule has 1 saturated heterocycles. The second-order valence-electron chi connectivity index (χ2n) is 8.30. The Morgan fingerprint density at radius 2 is 1.48 bits per heavy atom. The maximum Gasteiger partial charge on any atom is 0.226 e. The monoisotopic (exact) mass is 340 g/mol. The van der Waals surface area contributed by atoms with Gasteiger partial charge in [-0.2, -0.15) is 0 Å². The van der Waals surface area contributed by atoms with Crippen LogP contribution in [0.2, 0.25) is 0 Å². The summed E-state index contributed by atoms with van der Waals surface area (Å²) in [5.74, 6) is 3.53. The second kappa shape index (κ2) is 5.73. The van der Waals surface area contributed by atoms with Crippen LogP contribution in [0.5, 0.6) is 0 Å². The fourth-order valence-electron chi connectivity index (χ4n) is 5.99. The summed E-state index contributed by atoms with van der Waals surface area (Å²) in [7, 11) is -3.14. The Morgan fingerprint density at radius 1 is 0.870 bits per heavy atom. The smallest absolute Gasteiger partial charge is 0.226 e. The van der Waals surface area contributed by atoms with E-state index in [-0.39, 0.29) is 5.92 Å². The average Bonchev–Trinajstić information content (AvgIpc) is 2.71. The van der Waals surface area contributed by atoms with E-state index in [2.05, 4.69) is 0 Å². The summed E-state index contributed by atoms with van der Waals surface area (Å²) in [4.78, 5) is 15.1. The largest absolute Gasteiger partial charge is 0.341 e. The first-order valence-corrected chi connectivity index (χ1v) is 11.0. The molecule has 4 aliphatic carbocycles. The normalized spacial score (nSPS) is 41.1. The van der Waals surface area contributed by atoms with Gasteiger partial charge in [0.1, 0.15) is 0 Å². The Bertz CT molecular complexity index is 561. The van der Waals surface area contributed by atoms with Crippen LogP contribution >= 0.6 is 0 Å². The standard InChI is InChI=1S/C17H28N2O3S/c1-23(21,22)19-4-2-3-18(5-6-19)17(20)16-14-8-12-7-13(10-14)11-15(16)9-12/h12-16H,2-11H2,1H3. The van der Waals surface area contributed by atoms with Crippen molar-refractivity contribution in [2.45, 2.75) is 38.5 Å². The number of carbonyl (C=O) groups is 1. The number of nitrogens with zero attached hydrogens (tertiary/aromatic N) is 2. The van der Waals surface area contributed by atoms with E-state index in [1.807, 2.05) is 4.90 Å². The summed E-state index contributed by atoms with van der Waals surface area (Å²) in [5, 5.41) is 0. The predicted molar refractivity (Wildman–Crippen MR) is 88.1 cm³/mol. The van der Waals surface area contributed by atoms with Gasteiger partial charge in [0.05, 0.1) is 6.26 Å². The van der Waals surface area contributed by atoms with Crippen LogP contribution in [0.3, 0.4) is 0 Å². The van der Waals surface area contributed by atoms with Gasteiger partial charge in [-0.05, 0) is 62.2 Å². The van der Waals surface area contributed by atoms with Gasteiger partial charge in [0.15, 0.2) is 0 Å². The molecule has 130 valence electrons. The lowest BCUT2D eigenvalue weighted by atomic mass is 9.51. The first-order chi connectivity index (χ1) is 10.9. The van der Waals surface area contributed by atoms with E-state index < -0.39 is 10.0 Å². The Balaban J connectivity index is 1.45. The third-order valence-corrected chi connectivity index (χ3v) is 8.05. The number of amides is 1. The summed E-state index contributed by atoms with van der Waals surface area (Å²) in [6.07, 6.45) is 8.45. The van der Waals surface area contributed by atoms with Crippen molar-refractivity contribution >= 4 is 15.9 Å². The molecule has 4 saturated carbocycles. The van der Waals surface area contributed by atoms with Crippen LogP contribution in [-0.4, -0.2) is 56.0 Å². The van der Waals surface area contributed by atoms with Crippen molar-refractivity contribution in [1.82, 2.24) is 9.21 Å². The minimum absolute atomic E-state index is 0.229. The molecule has 4 bridgehead atoms. The Labute approximate surface area is 139 Å². The predicted octanol–water partition coefficient (Wildman–Crippen LogP) is 1.55. The zero-order valence-electron chi connectivity index (χ0n) is 14.0. The van der Waals surface area contributed by atoms with E-state index in [0.717, 1.165) is 18.3 Å². The number of hydrogen-bond acceptors (Lipinski definition) is 3. The molecule has 1 heterocycles. The second-order valence-corrected chi connectivity index (χ2v) is 10.3. The summed E-state index contributed by atoms with van der Waals surface area (Å²) in [5.41, 5.74) is 0. The minimum atomic E-state index is -3.14. The van der Waals surface area contributed by atoms with Gasteiger partial charge in [-0.1, -0.05) is 0 Å². The molecule has 0 aromatic carbocycles. The number of carbonyl (C=O) groups excluding carboxylic acids is 1. The van der Waals surface area contributed by atoms with Crippen molar-refractivity contribution in [1.29, 1.82) is 0 Å². The topological polar surface area (TPSA) is 57.7 Å². The molecule has 5 fully saturated rings. The Hall–Kier alpha value is -0.620. The van der Waals surface area contributed by atoms with Crippen molar-refractivity contribution in [2.24, 2.45) is 29.6 Å². The van der Waals surface area contributed by atoms with Crippen LogP contribution in [0.4, 0.5) is 0 Å². The maximum absolute atomic E-state index is 13.2.